The van der Waals surface area contributed by atoms with E-state index in [1.807, 2.05) is 0 Å². The van der Waals surface area contributed by atoms with Gasteiger partial charge in [0, 0.05) is 0 Å². The van der Waals surface area contributed by atoms with Crippen molar-refractivity contribution in [1.29, 1.82) is 0 Å². The summed E-state index contributed by atoms with van der Waals surface area (Å²) in [5.41, 5.74) is -0.986. The first-order valence-electron chi connectivity index (χ1n) is 3.29. The number of hydrogen-bond acceptors (Lipinski definition) is 2. The van der Waals surface area contributed by atoms with Crippen LogP contribution in [0.2, 0.25) is 0 Å². The molecule has 0 saturated carbocycles. The number of carboxylic acids is 1. The molecule has 0 aliphatic carbocycles. The topological polar surface area (TPSA) is 57.5 Å². The summed E-state index contributed by atoms with van der Waals surface area (Å²) < 4.78 is 0. The highest BCUT2D eigenvalue weighted by Crippen LogP contribution is 2.25. The quantitative estimate of drug-likeness (QED) is 0.617. The van der Waals surface area contributed by atoms with E-state index in [2.05, 4.69) is 0 Å². The van der Waals surface area contributed by atoms with Crippen LogP contribution in [0.15, 0.2) is 0 Å². The van der Waals surface area contributed by atoms with Crippen molar-refractivity contribution >= 4 is 5.97 Å². The Bertz CT molecular complexity index is 131. The van der Waals surface area contributed by atoms with Crippen LogP contribution in [-0.2, 0) is 4.79 Å². The average molecular weight is 146 g/mol. The lowest BCUT2D eigenvalue weighted by molar-refractivity contribution is -0.153. The van der Waals surface area contributed by atoms with Crippen molar-refractivity contribution in [3.05, 3.63) is 0 Å². The van der Waals surface area contributed by atoms with E-state index in [0.29, 0.717) is 0 Å². The molecule has 0 aliphatic rings. The molecule has 0 amide bonds. The van der Waals surface area contributed by atoms with Gasteiger partial charge in [-0.1, -0.05) is 13.8 Å². The Kier molecular flexibility index (Phi) is 2.84. The van der Waals surface area contributed by atoms with Crippen molar-refractivity contribution in [2.75, 3.05) is 6.61 Å². The molecule has 0 heterocycles. The molecule has 0 bridgehead atoms. The van der Waals surface area contributed by atoms with Crippen LogP contribution in [-0.4, -0.2) is 22.8 Å². The van der Waals surface area contributed by atoms with Crippen molar-refractivity contribution in [2.45, 2.75) is 20.8 Å². The van der Waals surface area contributed by atoms with Crippen molar-refractivity contribution in [1.82, 2.24) is 0 Å². The Hall–Kier alpha value is -0.570. The monoisotopic (exact) mass is 146 g/mol. The van der Waals surface area contributed by atoms with Gasteiger partial charge in [-0.05, 0) is 12.8 Å². The zero-order chi connectivity index (χ0) is 8.36. The zero-order valence-corrected chi connectivity index (χ0v) is 6.59. The average Bonchev–Trinajstić information content (AvgIpc) is 1.85. The number of hydrogen-bond donors (Lipinski definition) is 2. The fraction of sp³-hybridized carbons (Fsp3) is 0.857. The number of aliphatic hydroxyl groups excluding tert-OH is 1. The molecule has 0 aliphatic heterocycles. The van der Waals surface area contributed by atoms with Crippen LogP contribution in [0, 0.1) is 11.3 Å². The number of carbonyl (C=O) groups is 1. The van der Waals surface area contributed by atoms with E-state index in [1.54, 1.807) is 20.8 Å². The van der Waals surface area contributed by atoms with Crippen LogP contribution >= 0.6 is 0 Å². The SMILES string of the molecule is CC(C)[C@](C)(CO)C(=O)O. The van der Waals surface area contributed by atoms with Crippen molar-refractivity contribution in [3.8, 4) is 0 Å². The molecule has 60 valence electrons. The summed E-state index contributed by atoms with van der Waals surface area (Å²) in [6, 6.07) is 0. The molecule has 0 fully saturated rings. The molecule has 0 saturated heterocycles. The molecule has 0 aromatic carbocycles. The Morgan fingerprint density at radius 3 is 2.00 bits per heavy atom. The van der Waals surface area contributed by atoms with E-state index in [9.17, 15) is 4.79 Å². The summed E-state index contributed by atoms with van der Waals surface area (Å²) in [5.74, 6) is -0.986. The van der Waals surface area contributed by atoms with Crippen molar-refractivity contribution in [2.24, 2.45) is 11.3 Å². The van der Waals surface area contributed by atoms with Gasteiger partial charge in [-0.15, -0.1) is 0 Å². The molecule has 0 aromatic rings. The molecule has 3 heteroatoms. The minimum absolute atomic E-state index is 0.0463. The van der Waals surface area contributed by atoms with Gasteiger partial charge in [0.2, 0.25) is 0 Å². The van der Waals surface area contributed by atoms with Gasteiger partial charge < -0.3 is 10.2 Å². The van der Waals surface area contributed by atoms with Gasteiger partial charge in [0.15, 0.2) is 0 Å². The molecular weight excluding hydrogens is 132 g/mol. The third-order valence-electron chi connectivity index (χ3n) is 2.09. The number of aliphatic carboxylic acids is 1. The molecular formula is C7H14O3. The second-order valence-electron chi connectivity index (χ2n) is 3.04. The van der Waals surface area contributed by atoms with E-state index < -0.39 is 11.4 Å². The Morgan fingerprint density at radius 1 is 1.60 bits per heavy atom. The van der Waals surface area contributed by atoms with Crippen LogP contribution in [0.25, 0.3) is 0 Å². The van der Waals surface area contributed by atoms with Gasteiger partial charge >= 0.3 is 5.97 Å². The second-order valence-corrected chi connectivity index (χ2v) is 3.04. The van der Waals surface area contributed by atoms with Gasteiger partial charge in [0.05, 0.1) is 12.0 Å². The number of rotatable bonds is 3. The van der Waals surface area contributed by atoms with E-state index in [4.69, 9.17) is 10.2 Å². The smallest absolute Gasteiger partial charge is 0.311 e. The van der Waals surface area contributed by atoms with Crippen LogP contribution in [0.1, 0.15) is 20.8 Å². The zero-order valence-electron chi connectivity index (χ0n) is 6.59. The number of aliphatic hydroxyl groups is 1. The molecule has 1 atom stereocenters. The Labute approximate surface area is 60.7 Å². The molecule has 0 aromatic heterocycles. The highest BCUT2D eigenvalue weighted by molar-refractivity contribution is 5.74. The number of carboxylic acid groups (broad SMARTS) is 1. The second kappa shape index (κ2) is 3.01. The molecule has 3 nitrogen and oxygen atoms in total. The molecule has 10 heavy (non-hydrogen) atoms. The summed E-state index contributed by atoms with van der Waals surface area (Å²) in [6.45, 7) is 4.80. The Balaban J connectivity index is 4.38. The lowest BCUT2D eigenvalue weighted by Crippen LogP contribution is -2.36. The maximum absolute atomic E-state index is 10.5. The predicted octanol–water partition coefficient (Wildman–Crippen LogP) is 0.726. The van der Waals surface area contributed by atoms with Crippen LogP contribution in [0.4, 0.5) is 0 Å². The third-order valence-corrected chi connectivity index (χ3v) is 2.09. The van der Waals surface area contributed by atoms with Crippen LogP contribution in [0.5, 0.6) is 0 Å². The first-order chi connectivity index (χ1) is 4.45. The molecule has 0 rings (SSSR count). The molecule has 0 spiro atoms. The first kappa shape index (κ1) is 9.43. The fourth-order valence-electron chi connectivity index (χ4n) is 0.497. The van der Waals surface area contributed by atoms with E-state index >= 15 is 0 Å². The third kappa shape index (κ3) is 1.48. The van der Waals surface area contributed by atoms with E-state index in [0.717, 1.165) is 0 Å². The summed E-state index contributed by atoms with van der Waals surface area (Å²) in [5, 5.41) is 17.4. The highest BCUT2D eigenvalue weighted by Gasteiger charge is 2.35. The maximum Gasteiger partial charge on any atom is 0.311 e. The predicted molar refractivity (Wildman–Crippen MR) is 37.7 cm³/mol. The van der Waals surface area contributed by atoms with E-state index in [-0.39, 0.29) is 12.5 Å². The first-order valence-corrected chi connectivity index (χ1v) is 3.29. The van der Waals surface area contributed by atoms with Crippen LogP contribution in [0.3, 0.4) is 0 Å². The van der Waals surface area contributed by atoms with E-state index in [1.165, 1.54) is 0 Å². The molecule has 0 radical (unpaired) electrons. The summed E-state index contributed by atoms with van der Waals surface area (Å²) >= 11 is 0. The van der Waals surface area contributed by atoms with Gasteiger partial charge in [-0.25, -0.2) is 0 Å². The largest absolute Gasteiger partial charge is 0.481 e. The summed E-state index contributed by atoms with van der Waals surface area (Å²) in [6.07, 6.45) is 0. The lowest BCUT2D eigenvalue weighted by atomic mass is 9.80. The Morgan fingerprint density at radius 2 is 2.00 bits per heavy atom. The normalized spacial score (nSPS) is 16.9. The van der Waals surface area contributed by atoms with Crippen molar-refractivity contribution in [3.63, 3.8) is 0 Å². The van der Waals surface area contributed by atoms with Crippen molar-refractivity contribution < 1.29 is 15.0 Å². The minimum atomic E-state index is -0.986. The van der Waals surface area contributed by atoms with Gasteiger partial charge in [-0.3, -0.25) is 4.79 Å². The van der Waals surface area contributed by atoms with Gasteiger partial charge in [-0.2, -0.15) is 0 Å². The summed E-state index contributed by atoms with van der Waals surface area (Å²) in [4.78, 5) is 10.5. The van der Waals surface area contributed by atoms with Gasteiger partial charge in [0.1, 0.15) is 0 Å². The fourth-order valence-corrected chi connectivity index (χ4v) is 0.497. The standard InChI is InChI=1S/C7H14O3/c1-5(2)7(3,4-8)6(9)10/h5,8H,4H2,1-3H3,(H,9,10)/t7-/m0/s1. The van der Waals surface area contributed by atoms with Crippen LogP contribution < -0.4 is 0 Å². The molecule has 2 N–H and O–H groups in total. The minimum Gasteiger partial charge on any atom is -0.481 e. The van der Waals surface area contributed by atoms with Gasteiger partial charge in [0.25, 0.3) is 0 Å². The summed E-state index contributed by atoms with van der Waals surface area (Å²) in [7, 11) is 0. The highest BCUT2D eigenvalue weighted by atomic mass is 16.4. The lowest BCUT2D eigenvalue weighted by Gasteiger charge is -2.25. The molecule has 0 unspecified atom stereocenters. The maximum atomic E-state index is 10.5.